The van der Waals surface area contributed by atoms with Crippen molar-refractivity contribution >= 4 is 5.91 Å². The van der Waals surface area contributed by atoms with Crippen molar-refractivity contribution in [2.75, 3.05) is 13.1 Å². The zero-order valence-corrected chi connectivity index (χ0v) is 10.6. The van der Waals surface area contributed by atoms with Gasteiger partial charge in [0.15, 0.2) is 0 Å². The maximum absolute atomic E-state index is 12.0. The molecule has 94 valence electrons. The van der Waals surface area contributed by atoms with Gasteiger partial charge in [0, 0.05) is 25.4 Å². The molecule has 1 heterocycles. The highest BCUT2D eigenvalue weighted by atomic mass is 16.2. The fourth-order valence-corrected chi connectivity index (χ4v) is 1.74. The van der Waals surface area contributed by atoms with Crippen LogP contribution in [-0.2, 0) is 11.3 Å². The Morgan fingerprint density at radius 2 is 1.88 bits per heavy atom. The molecule has 17 heavy (non-hydrogen) atoms. The summed E-state index contributed by atoms with van der Waals surface area (Å²) in [6, 6.07) is 4.91. The molecule has 4 nitrogen and oxygen atoms in total. The van der Waals surface area contributed by atoms with Gasteiger partial charge in [-0.15, -0.1) is 0 Å². The second-order valence-corrected chi connectivity index (χ2v) is 4.05. The molecule has 4 heteroatoms. The number of nitrogens with zero attached hydrogens (tertiary/aromatic N) is 2. The third-order valence-electron chi connectivity index (χ3n) is 2.54. The standard InChI is InChI=1S/C13H20N2O2/c1-3-8-14(9-4-2)13(17)11-15-10-6-5-7-12(15)16/h5-7,10H,3-4,8-9,11H2,1-2H3. The van der Waals surface area contributed by atoms with Gasteiger partial charge in [0.1, 0.15) is 6.54 Å². The maximum atomic E-state index is 12.0. The summed E-state index contributed by atoms with van der Waals surface area (Å²) in [5, 5.41) is 0. The molecule has 0 unspecified atom stereocenters. The molecule has 0 fully saturated rings. The molecule has 1 rings (SSSR count). The molecule has 0 aliphatic heterocycles. The number of hydrogen-bond acceptors (Lipinski definition) is 2. The second kappa shape index (κ2) is 6.89. The van der Waals surface area contributed by atoms with Gasteiger partial charge in [-0.1, -0.05) is 19.9 Å². The number of carbonyl (C=O) groups is 1. The van der Waals surface area contributed by atoms with Crippen LogP contribution in [0, 0.1) is 0 Å². The summed E-state index contributed by atoms with van der Waals surface area (Å²) in [4.78, 5) is 25.3. The van der Waals surface area contributed by atoms with Crippen LogP contribution in [0.4, 0.5) is 0 Å². The summed E-state index contributed by atoms with van der Waals surface area (Å²) in [6.45, 7) is 5.75. The molecule has 0 atom stereocenters. The summed E-state index contributed by atoms with van der Waals surface area (Å²) in [5.74, 6) is 0.0157. The first-order valence-electron chi connectivity index (χ1n) is 6.12. The van der Waals surface area contributed by atoms with Crippen LogP contribution in [0.25, 0.3) is 0 Å². The zero-order valence-electron chi connectivity index (χ0n) is 10.6. The van der Waals surface area contributed by atoms with Crippen LogP contribution in [-0.4, -0.2) is 28.5 Å². The predicted molar refractivity (Wildman–Crippen MR) is 67.9 cm³/mol. The lowest BCUT2D eigenvalue weighted by atomic mass is 10.3. The summed E-state index contributed by atoms with van der Waals surface area (Å²) in [7, 11) is 0. The maximum Gasteiger partial charge on any atom is 0.250 e. The van der Waals surface area contributed by atoms with E-state index in [1.165, 1.54) is 10.6 Å². The Bertz CT molecular complexity index is 406. The molecule has 1 amide bonds. The Hall–Kier alpha value is -1.58. The Morgan fingerprint density at radius 3 is 2.41 bits per heavy atom. The van der Waals surface area contributed by atoms with Gasteiger partial charge in [0.25, 0.3) is 5.56 Å². The quantitative estimate of drug-likeness (QED) is 0.751. The normalized spacial score (nSPS) is 10.2. The van der Waals surface area contributed by atoms with Crippen LogP contribution in [0.5, 0.6) is 0 Å². The van der Waals surface area contributed by atoms with Gasteiger partial charge < -0.3 is 9.47 Å². The lowest BCUT2D eigenvalue weighted by Gasteiger charge is -2.21. The van der Waals surface area contributed by atoms with E-state index in [1.54, 1.807) is 18.3 Å². The lowest BCUT2D eigenvalue weighted by molar-refractivity contribution is -0.132. The largest absolute Gasteiger partial charge is 0.341 e. The van der Waals surface area contributed by atoms with Crippen LogP contribution in [0.15, 0.2) is 29.2 Å². The molecule has 0 radical (unpaired) electrons. The van der Waals surface area contributed by atoms with Gasteiger partial charge in [-0.2, -0.15) is 0 Å². The van der Waals surface area contributed by atoms with Crippen molar-refractivity contribution in [1.29, 1.82) is 0 Å². The Labute approximate surface area is 102 Å². The first kappa shape index (κ1) is 13.5. The Morgan fingerprint density at radius 1 is 1.24 bits per heavy atom. The lowest BCUT2D eigenvalue weighted by Crippen LogP contribution is -2.37. The highest BCUT2D eigenvalue weighted by Gasteiger charge is 2.12. The molecule has 0 aromatic carbocycles. The zero-order chi connectivity index (χ0) is 12.7. The first-order chi connectivity index (χ1) is 8.19. The molecule has 0 N–H and O–H groups in total. The van der Waals surface area contributed by atoms with Crippen molar-refractivity contribution in [3.63, 3.8) is 0 Å². The molecule has 1 aromatic rings. The van der Waals surface area contributed by atoms with Gasteiger partial charge in [0.2, 0.25) is 5.91 Å². The Balaban J connectivity index is 2.70. The predicted octanol–water partition coefficient (Wildman–Crippen LogP) is 1.50. The number of carbonyl (C=O) groups excluding carboxylic acids is 1. The van der Waals surface area contributed by atoms with Crippen LogP contribution >= 0.6 is 0 Å². The van der Waals surface area contributed by atoms with E-state index in [0.717, 1.165) is 25.9 Å². The smallest absolute Gasteiger partial charge is 0.250 e. The number of hydrogen-bond donors (Lipinski definition) is 0. The van der Waals surface area contributed by atoms with Crippen molar-refractivity contribution in [1.82, 2.24) is 9.47 Å². The van der Waals surface area contributed by atoms with Crippen molar-refractivity contribution < 1.29 is 4.79 Å². The molecular formula is C13H20N2O2. The van der Waals surface area contributed by atoms with Gasteiger partial charge in [-0.3, -0.25) is 9.59 Å². The minimum Gasteiger partial charge on any atom is -0.341 e. The average molecular weight is 236 g/mol. The van der Waals surface area contributed by atoms with E-state index in [4.69, 9.17) is 0 Å². The number of amides is 1. The van der Waals surface area contributed by atoms with Crippen LogP contribution in [0.2, 0.25) is 0 Å². The topological polar surface area (TPSA) is 42.3 Å². The fraction of sp³-hybridized carbons (Fsp3) is 0.538. The van der Waals surface area contributed by atoms with Gasteiger partial charge >= 0.3 is 0 Å². The van der Waals surface area contributed by atoms with Crippen molar-refractivity contribution in [2.24, 2.45) is 0 Å². The van der Waals surface area contributed by atoms with Crippen LogP contribution < -0.4 is 5.56 Å². The van der Waals surface area contributed by atoms with E-state index in [0.29, 0.717) is 0 Å². The number of rotatable bonds is 6. The van der Waals surface area contributed by atoms with E-state index in [1.807, 2.05) is 18.7 Å². The van der Waals surface area contributed by atoms with Crippen LogP contribution in [0.3, 0.4) is 0 Å². The molecule has 0 bridgehead atoms. The van der Waals surface area contributed by atoms with E-state index >= 15 is 0 Å². The highest BCUT2D eigenvalue weighted by molar-refractivity contribution is 5.75. The number of pyridine rings is 1. The van der Waals surface area contributed by atoms with Gasteiger partial charge in [0.05, 0.1) is 0 Å². The third-order valence-corrected chi connectivity index (χ3v) is 2.54. The number of aromatic nitrogens is 1. The summed E-state index contributed by atoms with van der Waals surface area (Å²) >= 11 is 0. The van der Waals surface area contributed by atoms with Crippen molar-refractivity contribution in [3.8, 4) is 0 Å². The van der Waals surface area contributed by atoms with E-state index in [9.17, 15) is 9.59 Å². The van der Waals surface area contributed by atoms with Crippen molar-refractivity contribution in [3.05, 3.63) is 34.7 Å². The van der Waals surface area contributed by atoms with Gasteiger partial charge in [-0.05, 0) is 18.9 Å². The van der Waals surface area contributed by atoms with Gasteiger partial charge in [-0.25, -0.2) is 0 Å². The molecule has 0 aliphatic carbocycles. The molecule has 0 spiro atoms. The molecular weight excluding hydrogens is 216 g/mol. The minimum atomic E-state index is -0.131. The van der Waals surface area contributed by atoms with E-state index in [-0.39, 0.29) is 18.0 Å². The fourth-order valence-electron chi connectivity index (χ4n) is 1.74. The Kier molecular flexibility index (Phi) is 5.46. The highest BCUT2D eigenvalue weighted by Crippen LogP contribution is 1.97. The summed E-state index contributed by atoms with van der Waals surface area (Å²) in [5.41, 5.74) is -0.131. The van der Waals surface area contributed by atoms with E-state index < -0.39 is 0 Å². The first-order valence-corrected chi connectivity index (χ1v) is 6.12. The SMILES string of the molecule is CCCN(CCC)C(=O)Cn1ccccc1=O. The summed E-state index contributed by atoms with van der Waals surface area (Å²) in [6.07, 6.45) is 3.53. The summed E-state index contributed by atoms with van der Waals surface area (Å²) < 4.78 is 1.45. The molecule has 1 aromatic heterocycles. The molecule has 0 aliphatic rings. The molecule has 0 saturated heterocycles. The second-order valence-electron chi connectivity index (χ2n) is 4.05. The monoisotopic (exact) mass is 236 g/mol. The minimum absolute atomic E-state index is 0.0157. The van der Waals surface area contributed by atoms with Crippen molar-refractivity contribution in [2.45, 2.75) is 33.2 Å². The molecule has 0 saturated carbocycles. The third kappa shape index (κ3) is 4.06. The van der Waals surface area contributed by atoms with E-state index in [2.05, 4.69) is 0 Å². The van der Waals surface area contributed by atoms with Crippen LogP contribution in [0.1, 0.15) is 26.7 Å². The average Bonchev–Trinajstić information content (AvgIpc) is 2.32.